The van der Waals surface area contributed by atoms with Crippen molar-refractivity contribution in [2.45, 2.75) is 52.0 Å². The zero-order valence-electron chi connectivity index (χ0n) is 15.2. The molecule has 144 valence electrons. The zero-order chi connectivity index (χ0) is 19.2. The molecule has 0 saturated heterocycles. The van der Waals surface area contributed by atoms with E-state index in [9.17, 15) is 14.4 Å². The van der Waals surface area contributed by atoms with Gasteiger partial charge in [-0.25, -0.2) is 9.67 Å². The third kappa shape index (κ3) is 5.22. The Bertz CT molecular complexity index is 890. The number of hydrogen-bond donors (Lipinski definition) is 1. The number of thiazole rings is 1. The van der Waals surface area contributed by atoms with Crippen molar-refractivity contribution < 1.29 is 14.3 Å². The number of carbonyl (C=O) groups is 2. The molecule has 0 saturated carbocycles. The van der Waals surface area contributed by atoms with E-state index in [1.165, 1.54) is 16.0 Å². The Morgan fingerprint density at radius 3 is 2.93 bits per heavy atom. The number of ether oxygens (including phenoxy) is 1. The van der Waals surface area contributed by atoms with Crippen molar-refractivity contribution in [3.63, 3.8) is 0 Å². The van der Waals surface area contributed by atoms with Crippen LogP contribution in [0.15, 0.2) is 16.2 Å². The van der Waals surface area contributed by atoms with Crippen LogP contribution in [-0.4, -0.2) is 33.2 Å². The van der Waals surface area contributed by atoms with Crippen molar-refractivity contribution in [2.24, 2.45) is 0 Å². The smallest absolute Gasteiger partial charge is 0.311 e. The highest BCUT2D eigenvalue weighted by molar-refractivity contribution is 7.13. The van der Waals surface area contributed by atoms with Crippen LogP contribution in [-0.2, 0) is 40.1 Å². The van der Waals surface area contributed by atoms with Gasteiger partial charge in [-0.2, -0.15) is 5.10 Å². The van der Waals surface area contributed by atoms with Gasteiger partial charge in [0.25, 0.3) is 5.56 Å². The minimum absolute atomic E-state index is 0.0616. The van der Waals surface area contributed by atoms with Crippen molar-refractivity contribution >= 4 is 28.3 Å². The molecule has 1 aliphatic carbocycles. The van der Waals surface area contributed by atoms with Gasteiger partial charge in [-0.3, -0.25) is 14.4 Å². The van der Waals surface area contributed by atoms with Crippen LogP contribution >= 0.6 is 11.3 Å². The van der Waals surface area contributed by atoms with Gasteiger partial charge in [-0.05, 0) is 38.2 Å². The highest BCUT2D eigenvalue weighted by atomic mass is 32.1. The van der Waals surface area contributed by atoms with Crippen LogP contribution in [0.4, 0.5) is 5.13 Å². The molecule has 0 spiro atoms. The summed E-state index contributed by atoms with van der Waals surface area (Å²) in [5, 5.41) is 9.11. The first-order chi connectivity index (χ1) is 13.0. The van der Waals surface area contributed by atoms with Gasteiger partial charge in [0.15, 0.2) is 5.13 Å². The van der Waals surface area contributed by atoms with Gasteiger partial charge < -0.3 is 10.1 Å². The fourth-order valence-corrected chi connectivity index (χ4v) is 3.72. The third-order valence-electron chi connectivity index (χ3n) is 4.25. The van der Waals surface area contributed by atoms with E-state index in [2.05, 4.69) is 15.4 Å². The number of rotatable bonds is 6. The van der Waals surface area contributed by atoms with Gasteiger partial charge in [-0.15, -0.1) is 11.3 Å². The molecule has 27 heavy (non-hydrogen) atoms. The molecule has 0 atom stereocenters. The number of carbonyl (C=O) groups excluding carboxylic acids is 2. The van der Waals surface area contributed by atoms with E-state index in [0.29, 0.717) is 17.4 Å². The number of nitrogens with one attached hydrogen (secondary N) is 1. The molecule has 0 unspecified atom stereocenters. The van der Waals surface area contributed by atoms with Crippen molar-refractivity contribution in [2.75, 3.05) is 11.9 Å². The molecule has 0 fully saturated rings. The first-order valence-electron chi connectivity index (χ1n) is 9.05. The fraction of sp³-hybridized carbons (Fsp3) is 0.500. The summed E-state index contributed by atoms with van der Waals surface area (Å²) in [4.78, 5) is 40.2. The molecule has 1 N–H and O–H groups in total. The monoisotopic (exact) mass is 390 g/mol. The topological polar surface area (TPSA) is 103 Å². The summed E-state index contributed by atoms with van der Waals surface area (Å²) in [5.41, 5.74) is 2.17. The molecule has 2 heterocycles. The lowest BCUT2D eigenvalue weighted by Gasteiger charge is -2.09. The Balaban J connectivity index is 1.63. The Morgan fingerprint density at radius 1 is 1.30 bits per heavy atom. The Labute approximate surface area is 160 Å². The number of nitrogens with zero attached hydrogens (tertiary/aromatic N) is 3. The predicted octanol–water partition coefficient (Wildman–Crippen LogP) is 1.71. The molecule has 2 aromatic heterocycles. The van der Waals surface area contributed by atoms with Gasteiger partial charge in [0.1, 0.15) is 6.54 Å². The lowest BCUT2D eigenvalue weighted by molar-refractivity contribution is -0.142. The molecule has 1 amide bonds. The summed E-state index contributed by atoms with van der Waals surface area (Å²) in [6.07, 6.45) is 5.01. The average Bonchev–Trinajstić information content (AvgIpc) is 2.91. The number of aryl methyl sites for hydroxylation is 2. The van der Waals surface area contributed by atoms with Crippen LogP contribution in [0.25, 0.3) is 0 Å². The second-order valence-corrected chi connectivity index (χ2v) is 7.20. The minimum atomic E-state index is -0.379. The molecule has 8 nitrogen and oxygen atoms in total. The van der Waals surface area contributed by atoms with Crippen LogP contribution in [0, 0.1) is 0 Å². The minimum Gasteiger partial charge on any atom is -0.466 e. The summed E-state index contributed by atoms with van der Waals surface area (Å²) in [7, 11) is 0. The van der Waals surface area contributed by atoms with E-state index in [1.54, 1.807) is 18.4 Å². The number of aromatic nitrogens is 3. The summed E-state index contributed by atoms with van der Waals surface area (Å²) >= 11 is 1.22. The van der Waals surface area contributed by atoms with Gasteiger partial charge in [-0.1, -0.05) is 6.42 Å². The Kier molecular flexibility index (Phi) is 6.33. The third-order valence-corrected chi connectivity index (χ3v) is 5.05. The maximum atomic E-state index is 12.3. The summed E-state index contributed by atoms with van der Waals surface area (Å²) < 4.78 is 6.08. The van der Waals surface area contributed by atoms with Crippen molar-refractivity contribution in [1.82, 2.24) is 14.8 Å². The molecular formula is C18H22N4O4S. The molecule has 0 aromatic carbocycles. The standard InChI is InChI=1S/C18H22N4O4S/c1-2-26-17(25)9-13-11-27-18(19-13)20-15(23)10-22-16(24)8-12-6-4-3-5-7-14(12)21-22/h8,11H,2-7,9-10H2,1H3,(H,19,20,23). The van der Waals surface area contributed by atoms with Crippen LogP contribution in [0.2, 0.25) is 0 Å². The highest BCUT2D eigenvalue weighted by Gasteiger charge is 2.15. The predicted molar refractivity (Wildman–Crippen MR) is 101 cm³/mol. The lowest BCUT2D eigenvalue weighted by atomic mass is 10.1. The number of hydrogen-bond acceptors (Lipinski definition) is 7. The maximum Gasteiger partial charge on any atom is 0.311 e. The SMILES string of the molecule is CCOC(=O)Cc1csc(NC(=O)Cn2nc3c(cc2=O)CCCCC3)n1. The Hall–Kier alpha value is -2.55. The van der Waals surface area contributed by atoms with E-state index in [-0.39, 0.29) is 30.4 Å². The number of amides is 1. The normalized spacial score (nSPS) is 13.5. The summed E-state index contributed by atoms with van der Waals surface area (Å²) in [6.45, 7) is 1.89. The van der Waals surface area contributed by atoms with Gasteiger partial charge in [0.05, 0.1) is 24.4 Å². The van der Waals surface area contributed by atoms with Gasteiger partial charge >= 0.3 is 5.97 Å². The van der Waals surface area contributed by atoms with Crippen LogP contribution in [0.3, 0.4) is 0 Å². The van der Waals surface area contributed by atoms with Crippen LogP contribution in [0.1, 0.15) is 43.1 Å². The Morgan fingerprint density at radius 2 is 2.11 bits per heavy atom. The van der Waals surface area contributed by atoms with E-state index in [1.807, 2.05) is 0 Å². The van der Waals surface area contributed by atoms with Crippen molar-refractivity contribution in [3.8, 4) is 0 Å². The number of anilines is 1. The lowest BCUT2D eigenvalue weighted by Crippen LogP contribution is -2.30. The molecular weight excluding hydrogens is 368 g/mol. The molecule has 0 radical (unpaired) electrons. The highest BCUT2D eigenvalue weighted by Crippen LogP contribution is 2.18. The van der Waals surface area contributed by atoms with E-state index < -0.39 is 0 Å². The molecule has 2 aromatic rings. The molecule has 0 bridgehead atoms. The maximum absolute atomic E-state index is 12.3. The number of fused-ring (bicyclic) bond motifs is 1. The van der Waals surface area contributed by atoms with Crippen LogP contribution < -0.4 is 10.9 Å². The first kappa shape index (κ1) is 19.2. The fourth-order valence-electron chi connectivity index (χ4n) is 2.99. The number of esters is 1. The van der Waals surface area contributed by atoms with Crippen molar-refractivity contribution in [3.05, 3.63) is 38.8 Å². The molecule has 9 heteroatoms. The quantitative estimate of drug-likeness (QED) is 0.595. The largest absolute Gasteiger partial charge is 0.466 e. The molecule has 0 aliphatic heterocycles. The van der Waals surface area contributed by atoms with E-state index >= 15 is 0 Å². The van der Waals surface area contributed by atoms with E-state index in [0.717, 1.165) is 43.4 Å². The summed E-state index contributed by atoms with van der Waals surface area (Å²) in [5.74, 6) is -0.739. The molecule has 3 rings (SSSR count). The average molecular weight is 390 g/mol. The first-order valence-corrected chi connectivity index (χ1v) is 9.93. The van der Waals surface area contributed by atoms with Gasteiger partial charge in [0.2, 0.25) is 5.91 Å². The molecule has 1 aliphatic rings. The van der Waals surface area contributed by atoms with Crippen LogP contribution in [0.5, 0.6) is 0 Å². The zero-order valence-corrected chi connectivity index (χ0v) is 16.0. The second kappa shape index (κ2) is 8.90. The summed E-state index contributed by atoms with van der Waals surface area (Å²) in [6, 6.07) is 1.60. The second-order valence-electron chi connectivity index (χ2n) is 6.35. The van der Waals surface area contributed by atoms with Crippen molar-refractivity contribution in [1.29, 1.82) is 0 Å². The van der Waals surface area contributed by atoms with Gasteiger partial charge in [0, 0.05) is 11.4 Å². The van der Waals surface area contributed by atoms with E-state index in [4.69, 9.17) is 4.74 Å².